The molecular weight excluding hydrogens is 282 g/mol. The predicted molar refractivity (Wildman–Crippen MR) is 82.7 cm³/mol. The van der Waals surface area contributed by atoms with Gasteiger partial charge < -0.3 is 15.5 Å². The molecule has 3 amide bonds. The number of carbonyl (C=O) groups is 3. The van der Waals surface area contributed by atoms with E-state index in [1.807, 2.05) is 27.7 Å². The van der Waals surface area contributed by atoms with E-state index in [1.165, 1.54) is 0 Å². The Morgan fingerprint density at radius 2 is 1.77 bits per heavy atom. The zero-order valence-corrected chi connectivity index (χ0v) is 14.0. The van der Waals surface area contributed by atoms with Gasteiger partial charge in [0.15, 0.2) is 0 Å². The zero-order chi connectivity index (χ0) is 16.7. The monoisotopic (exact) mass is 309 g/mol. The number of likely N-dealkylation sites (tertiary alicyclic amines) is 2. The van der Waals surface area contributed by atoms with Crippen molar-refractivity contribution in [3.63, 3.8) is 0 Å². The fourth-order valence-corrected chi connectivity index (χ4v) is 3.88. The van der Waals surface area contributed by atoms with Gasteiger partial charge in [0.25, 0.3) is 0 Å². The van der Waals surface area contributed by atoms with Gasteiger partial charge in [-0.15, -0.1) is 0 Å². The number of rotatable bonds is 4. The van der Waals surface area contributed by atoms with E-state index >= 15 is 0 Å². The Labute approximate surface area is 132 Å². The van der Waals surface area contributed by atoms with Crippen molar-refractivity contribution in [1.29, 1.82) is 0 Å². The van der Waals surface area contributed by atoms with E-state index in [1.54, 1.807) is 9.80 Å². The molecule has 0 aromatic carbocycles. The molecule has 2 atom stereocenters. The molecule has 6 nitrogen and oxygen atoms in total. The topological polar surface area (TPSA) is 83.7 Å². The zero-order valence-electron chi connectivity index (χ0n) is 14.0. The summed E-state index contributed by atoms with van der Waals surface area (Å²) in [6.07, 6.45) is 2.12. The minimum absolute atomic E-state index is 0.0212. The van der Waals surface area contributed by atoms with Gasteiger partial charge in [0.1, 0.15) is 11.6 Å². The Morgan fingerprint density at radius 1 is 1.14 bits per heavy atom. The maximum atomic E-state index is 13.0. The molecule has 2 aliphatic rings. The maximum Gasteiger partial charge on any atom is 0.249 e. The summed E-state index contributed by atoms with van der Waals surface area (Å²) < 4.78 is 0. The molecule has 22 heavy (non-hydrogen) atoms. The number of primary amides is 1. The van der Waals surface area contributed by atoms with Gasteiger partial charge in [0.2, 0.25) is 17.7 Å². The van der Waals surface area contributed by atoms with Crippen LogP contribution in [0.15, 0.2) is 0 Å². The van der Waals surface area contributed by atoms with Crippen LogP contribution in [0, 0.1) is 11.8 Å². The summed E-state index contributed by atoms with van der Waals surface area (Å²) >= 11 is 0. The molecule has 6 heteroatoms. The molecule has 0 saturated carbocycles. The Bertz CT molecular complexity index is 489. The summed E-state index contributed by atoms with van der Waals surface area (Å²) in [5.74, 6) is -0.717. The molecule has 0 radical (unpaired) electrons. The van der Waals surface area contributed by atoms with Crippen molar-refractivity contribution in [2.24, 2.45) is 17.6 Å². The molecule has 1 spiro atoms. The lowest BCUT2D eigenvalue weighted by molar-refractivity contribution is -0.151. The van der Waals surface area contributed by atoms with Crippen molar-refractivity contribution in [2.75, 3.05) is 13.1 Å². The van der Waals surface area contributed by atoms with Crippen LogP contribution in [-0.2, 0) is 14.4 Å². The lowest BCUT2D eigenvalue weighted by atomic mass is 9.93. The van der Waals surface area contributed by atoms with E-state index in [4.69, 9.17) is 5.73 Å². The fourth-order valence-electron chi connectivity index (χ4n) is 3.88. The van der Waals surface area contributed by atoms with Gasteiger partial charge in [0, 0.05) is 19.0 Å². The minimum Gasteiger partial charge on any atom is -0.368 e. The van der Waals surface area contributed by atoms with Crippen molar-refractivity contribution in [2.45, 2.75) is 58.5 Å². The lowest BCUT2D eigenvalue weighted by Gasteiger charge is -2.36. The standard InChI is InChI=1S/C16H27N3O3/c1-10(2)12(13(17)20)18-9-7-16(15(18)22)6-5-8-19(16)14(21)11(3)4/h10-12H,5-9H2,1-4H3,(H2,17,20)/t12-,16?/m0/s1. The average Bonchev–Trinajstić information content (AvgIpc) is 2.97. The van der Waals surface area contributed by atoms with Crippen LogP contribution in [0.1, 0.15) is 47.0 Å². The molecule has 2 fully saturated rings. The van der Waals surface area contributed by atoms with E-state index in [0.717, 1.165) is 6.42 Å². The van der Waals surface area contributed by atoms with E-state index in [2.05, 4.69) is 0 Å². The number of carbonyl (C=O) groups excluding carboxylic acids is 3. The largest absolute Gasteiger partial charge is 0.368 e. The average molecular weight is 309 g/mol. The van der Waals surface area contributed by atoms with E-state index in [9.17, 15) is 14.4 Å². The quantitative estimate of drug-likeness (QED) is 0.831. The number of nitrogens with zero attached hydrogens (tertiary/aromatic N) is 2. The number of amides is 3. The van der Waals surface area contributed by atoms with Crippen LogP contribution in [0.5, 0.6) is 0 Å². The van der Waals surface area contributed by atoms with Gasteiger partial charge in [-0.1, -0.05) is 27.7 Å². The maximum absolute atomic E-state index is 13.0. The number of nitrogens with two attached hydrogens (primary N) is 1. The van der Waals surface area contributed by atoms with Crippen molar-refractivity contribution < 1.29 is 14.4 Å². The van der Waals surface area contributed by atoms with Crippen molar-refractivity contribution in [3.8, 4) is 0 Å². The number of hydrogen-bond donors (Lipinski definition) is 1. The molecule has 0 aromatic rings. The van der Waals surface area contributed by atoms with Gasteiger partial charge in [0.05, 0.1) is 0 Å². The molecule has 2 N–H and O–H groups in total. The first-order valence-electron chi connectivity index (χ1n) is 8.14. The Morgan fingerprint density at radius 3 is 2.27 bits per heavy atom. The van der Waals surface area contributed by atoms with Gasteiger partial charge in [-0.2, -0.15) is 0 Å². The SMILES string of the molecule is CC(C)C(=O)N1CCCC12CCN([C@H](C(N)=O)C(C)C)C2=O. The van der Waals surface area contributed by atoms with Gasteiger partial charge in [-0.05, 0) is 25.2 Å². The second kappa shape index (κ2) is 5.89. The Kier molecular flexibility index (Phi) is 4.49. The summed E-state index contributed by atoms with van der Waals surface area (Å²) in [5.41, 5.74) is 4.75. The third-order valence-electron chi connectivity index (χ3n) is 4.93. The van der Waals surface area contributed by atoms with Gasteiger partial charge in [-0.25, -0.2) is 0 Å². The molecule has 2 aliphatic heterocycles. The smallest absolute Gasteiger partial charge is 0.249 e. The van der Waals surface area contributed by atoms with Crippen LogP contribution in [0.2, 0.25) is 0 Å². The lowest BCUT2D eigenvalue weighted by Crippen LogP contribution is -2.57. The predicted octanol–water partition coefficient (Wildman–Crippen LogP) is 0.746. The molecule has 0 bridgehead atoms. The fraction of sp³-hybridized carbons (Fsp3) is 0.812. The van der Waals surface area contributed by atoms with E-state index in [-0.39, 0.29) is 23.7 Å². The summed E-state index contributed by atoms with van der Waals surface area (Å²) in [6, 6.07) is -0.594. The van der Waals surface area contributed by atoms with Crippen molar-refractivity contribution in [3.05, 3.63) is 0 Å². The molecule has 0 aliphatic carbocycles. The summed E-state index contributed by atoms with van der Waals surface area (Å²) in [6.45, 7) is 8.60. The molecule has 0 aromatic heterocycles. The molecule has 124 valence electrons. The molecule has 2 saturated heterocycles. The van der Waals surface area contributed by atoms with Crippen LogP contribution in [0.4, 0.5) is 0 Å². The molecule has 2 heterocycles. The highest BCUT2D eigenvalue weighted by Crippen LogP contribution is 2.40. The second-order valence-electron chi connectivity index (χ2n) is 7.12. The third kappa shape index (κ3) is 2.48. The summed E-state index contributed by atoms with van der Waals surface area (Å²) in [7, 11) is 0. The van der Waals surface area contributed by atoms with Crippen molar-refractivity contribution >= 4 is 17.7 Å². The van der Waals surface area contributed by atoms with Crippen LogP contribution >= 0.6 is 0 Å². The minimum atomic E-state index is -0.746. The van der Waals surface area contributed by atoms with Crippen LogP contribution < -0.4 is 5.73 Å². The van der Waals surface area contributed by atoms with Crippen LogP contribution in [-0.4, -0.2) is 52.2 Å². The first-order chi connectivity index (χ1) is 10.2. The summed E-state index contributed by atoms with van der Waals surface area (Å²) in [5, 5.41) is 0. The van der Waals surface area contributed by atoms with E-state index < -0.39 is 17.5 Å². The van der Waals surface area contributed by atoms with Gasteiger partial charge in [-0.3, -0.25) is 14.4 Å². The van der Waals surface area contributed by atoms with Gasteiger partial charge >= 0.3 is 0 Å². The first kappa shape index (κ1) is 16.8. The molecule has 1 unspecified atom stereocenters. The molecule has 2 rings (SSSR count). The number of hydrogen-bond acceptors (Lipinski definition) is 3. The van der Waals surface area contributed by atoms with Crippen molar-refractivity contribution in [1.82, 2.24) is 9.80 Å². The Hall–Kier alpha value is -1.59. The summed E-state index contributed by atoms with van der Waals surface area (Å²) in [4.78, 5) is 40.6. The highest BCUT2D eigenvalue weighted by Gasteiger charge is 2.56. The normalized spacial score (nSPS) is 26.5. The molecular formula is C16H27N3O3. The van der Waals surface area contributed by atoms with Crippen LogP contribution in [0.25, 0.3) is 0 Å². The van der Waals surface area contributed by atoms with E-state index in [0.29, 0.717) is 25.9 Å². The second-order valence-corrected chi connectivity index (χ2v) is 7.12. The highest BCUT2D eigenvalue weighted by atomic mass is 16.2. The highest BCUT2D eigenvalue weighted by molar-refractivity contribution is 5.97. The Balaban J connectivity index is 2.29. The first-order valence-corrected chi connectivity index (χ1v) is 8.14. The third-order valence-corrected chi connectivity index (χ3v) is 4.93. The van der Waals surface area contributed by atoms with Crippen LogP contribution in [0.3, 0.4) is 0 Å².